The number of hydrogen-bond donors (Lipinski definition) is 1. The van der Waals surface area contributed by atoms with Crippen LogP contribution < -0.4 is 10.1 Å². The van der Waals surface area contributed by atoms with Crippen LogP contribution in [0, 0.1) is 0 Å². The molecule has 0 saturated carbocycles. The fraction of sp³-hybridized carbons (Fsp3) is 0.148. The van der Waals surface area contributed by atoms with E-state index in [-0.39, 0.29) is 5.91 Å². The molecule has 4 rings (SSSR count). The van der Waals surface area contributed by atoms with E-state index in [0.29, 0.717) is 18.7 Å². The topological polar surface area (TPSA) is 64.1 Å². The van der Waals surface area contributed by atoms with Crippen LogP contribution in [0.2, 0.25) is 0 Å². The zero-order chi connectivity index (χ0) is 22.2. The Morgan fingerprint density at radius 3 is 2.16 bits per heavy atom. The lowest BCUT2D eigenvalue weighted by Crippen LogP contribution is -2.17. The summed E-state index contributed by atoms with van der Waals surface area (Å²) >= 11 is 0. The number of aromatic nitrogens is 2. The average Bonchev–Trinajstić information content (AvgIpc) is 2.84. The molecule has 0 aliphatic heterocycles. The Morgan fingerprint density at radius 2 is 1.50 bits per heavy atom. The summed E-state index contributed by atoms with van der Waals surface area (Å²) in [4.78, 5) is 22.1. The lowest BCUT2D eigenvalue weighted by molar-refractivity contribution is -0.115. The first-order valence-electron chi connectivity index (χ1n) is 10.6. The molecule has 160 valence electrons. The molecule has 3 aromatic carbocycles. The summed E-state index contributed by atoms with van der Waals surface area (Å²) < 4.78 is 5.24. The molecule has 0 unspecified atom stereocenters. The molecular formula is C27H25N3O2. The zero-order valence-electron chi connectivity index (χ0n) is 18.0. The molecule has 32 heavy (non-hydrogen) atoms. The van der Waals surface area contributed by atoms with Gasteiger partial charge in [-0.2, -0.15) is 0 Å². The van der Waals surface area contributed by atoms with Crippen LogP contribution in [0.5, 0.6) is 5.75 Å². The van der Waals surface area contributed by atoms with Crippen molar-refractivity contribution in [3.63, 3.8) is 0 Å². The van der Waals surface area contributed by atoms with Crippen molar-refractivity contribution in [2.24, 2.45) is 0 Å². The normalized spacial score (nSPS) is 10.5. The first-order chi connectivity index (χ1) is 15.7. The van der Waals surface area contributed by atoms with Crippen LogP contribution in [0.15, 0.2) is 91.1 Å². The van der Waals surface area contributed by atoms with Crippen molar-refractivity contribution in [1.82, 2.24) is 9.97 Å². The van der Waals surface area contributed by atoms with Crippen LogP contribution in [0.25, 0.3) is 11.3 Å². The summed E-state index contributed by atoms with van der Waals surface area (Å²) in [5.41, 5.74) is 4.64. The molecule has 0 aliphatic carbocycles. The first-order valence-corrected chi connectivity index (χ1v) is 10.6. The molecule has 0 radical (unpaired) electrons. The van der Waals surface area contributed by atoms with Crippen molar-refractivity contribution in [3.05, 3.63) is 108 Å². The molecule has 1 amide bonds. The number of benzene rings is 3. The number of hydrogen-bond acceptors (Lipinski definition) is 4. The standard InChI is InChI=1S/C27H25N3O2/c1-32-23-15-13-22(14-16-23)25-19-28-27(30-26(31)18-21-10-6-3-7-11-21)24(29-25)17-12-20-8-4-2-5-9-20/h2-11,13-16,19H,12,17-18H2,1H3,(H,28,30,31). The van der Waals surface area contributed by atoms with Crippen molar-refractivity contribution >= 4 is 11.7 Å². The van der Waals surface area contributed by atoms with Crippen molar-refractivity contribution in [2.75, 3.05) is 12.4 Å². The van der Waals surface area contributed by atoms with Gasteiger partial charge < -0.3 is 10.1 Å². The van der Waals surface area contributed by atoms with Gasteiger partial charge in [0.15, 0.2) is 5.82 Å². The molecule has 5 nitrogen and oxygen atoms in total. The maximum Gasteiger partial charge on any atom is 0.229 e. The predicted molar refractivity (Wildman–Crippen MR) is 127 cm³/mol. The lowest BCUT2D eigenvalue weighted by Gasteiger charge is -2.12. The average molecular weight is 424 g/mol. The van der Waals surface area contributed by atoms with E-state index >= 15 is 0 Å². The highest BCUT2D eigenvalue weighted by Gasteiger charge is 2.13. The van der Waals surface area contributed by atoms with Gasteiger partial charge in [0.2, 0.25) is 5.91 Å². The van der Waals surface area contributed by atoms with Gasteiger partial charge >= 0.3 is 0 Å². The molecule has 0 aliphatic rings. The van der Waals surface area contributed by atoms with Crippen LogP contribution in [0.3, 0.4) is 0 Å². The fourth-order valence-electron chi connectivity index (χ4n) is 3.47. The number of carbonyl (C=O) groups is 1. The number of rotatable bonds is 8. The molecule has 0 saturated heterocycles. The number of amides is 1. The van der Waals surface area contributed by atoms with Crippen LogP contribution in [0.1, 0.15) is 16.8 Å². The summed E-state index contributed by atoms with van der Waals surface area (Å²) in [6.07, 6.45) is 3.47. The van der Waals surface area contributed by atoms with Crippen molar-refractivity contribution in [2.45, 2.75) is 19.3 Å². The number of nitrogens with zero attached hydrogens (tertiary/aromatic N) is 2. The Morgan fingerprint density at radius 1 is 0.844 bits per heavy atom. The Balaban J connectivity index is 1.57. The van der Waals surface area contributed by atoms with E-state index in [0.717, 1.165) is 34.7 Å². The van der Waals surface area contributed by atoms with E-state index in [1.165, 1.54) is 5.56 Å². The number of methoxy groups -OCH3 is 1. The highest BCUT2D eigenvalue weighted by molar-refractivity contribution is 5.92. The number of aryl methyl sites for hydroxylation is 2. The minimum atomic E-state index is -0.108. The highest BCUT2D eigenvalue weighted by atomic mass is 16.5. The third-order valence-electron chi connectivity index (χ3n) is 5.19. The number of carbonyl (C=O) groups excluding carboxylic acids is 1. The van der Waals surface area contributed by atoms with Crippen LogP contribution >= 0.6 is 0 Å². The van der Waals surface area contributed by atoms with E-state index in [1.807, 2.05) is 72.8 Å². The van der Waals surface area contributed by atoms with Gasteiger partial charge in [0.1, 0.15) is 5.75 Å². The maximum atomic E-state index is 12.6. The molecule has 0 fully saturated rings. The summed E-state index contributed by atoms with van der Waals surface area (Å²) in [6, 6.07) is 27.6. The monoisotopic (exact) mass is 423 g/mol. The van der Waals surface area contributed by atoms with E-state index < -0.39 is 0 Å². The maximum absolute atomic E-state index is 12.6. The van der Waals surface area contributed by atoms with E-state index in [2.05, 4.69) is 22.4 Å². The van der Waals surface area contributed by atoms with E-state index in [4.69, 9.17) is 9.72 Å². The SMILES string of the molecule is COc1ccc(-c2cnc(NC(=O)Cc3ccccc3)c(CCc3ccccc3)n2)cc1. The van der Waals surface area contributed by atoms with Crippen molar-refractivity contribution in [1.29, 1.82) is 0 Å². The quantitative estimate of drug-likeness (QED) is 0.427. The van der Waals surface area contributed by atoms with Gasteiger partial charge in [-0.05, 0) is 48.2 Å². The number of nitrogens with one attached hydrogen (secondary N) is 1. The zero-order valence-corrected chi connectivity index (χ0v) is 18.0. The van der Waals surface area contributed by atoms with Crippen LogP contribution in [-0.4, -0.2) is 23.0 Å². The molecule has 4 aromatic rings. The summed E-state index contributed by atoms with van der Waals surface area (Å²) in [5.74, 6) is 1.19. The highest BCUT2D eigenvalue weighted by Crippen LogP contribution is 2.23. The molecule has 0 atom stereocenters. The van der Waals surface area contributed by atoms with E-state index in [9.17, 15) is 4.79 Å². The van der Waals surface area contributed by atoms with Gasteiger partial charge in [0.25, 0.3) is 0 Å². The van der Waals surface area contributed by atoms with Gasteiger partial charge in [-0.25, -0.2) is 9.97 Å². The van der Waals surface area contributed by atoms with Gasteiger partial charge in [0, 0.05) is 5.56 Å². The summed E-state index contributed by atoms with van der Waals surface area (Å²) in [5, 5.41) is 2.96. The molecule has 1 aromatic heterocycles. The van der Waals surface area contributed by atoms with Crippen molar-refractivity contribution in [3.8, 4) is 17.0 Å². The molecular weight excluding hydrogens is 398 g/mol. The largest absolute Gasteiger partial charge is 0.497 e. The van der Waals surface area contributed by atoms with Crippen LogP contribution in [0.4, 0.5) is 5.82 Å². The number of ether oxygens (including phenoxy) is 1. The Hall–Kier alpha value is -3.99. The first kappa shape index (κ1) is 21.2. The lowest BCUT2D eigenvalue weighted by atomic mass is 10.1. The molecule has 1 N–H and O–H groups in total. The Bertz CT molecular complexity index is 1160. The number of anilines is 1. The second-order valence-electron chi connectivity index (χ2n) is 7.48. The fourth-order valence-corrected chi connectivity index (χ4v) is 3.47. The molecule has 1 heterocycles. The van der Waals surface area contributed by atoms with Crippen LogP contribution in [-0.2, 0) is 24.1 Å². The minimum Gasteiger partial charge on any atom is -0.497 e. The smallest absolute Gasteiger partial charge is 0.229 e. The predicted octanol–water partition coefficient (Wildman–Crippen LogP) is 5.12. The third-order valence-corrected chi connectivity index (χ3v) is 5.19. The van der Waals surface area contributed by atoms with Gasteiger partial charge in [-0.3, -0.25) is 4.79 Å². The second-order valence-corrected chi connectivity index (χ2v) is 7.48. The second kappa shape index (κ2) is 10.4. The Labute approximate surface area is 188 Å². The third kappa shape index (κ3) is 5.58. The summed E-state index contributed by atoms with van der Waals surface area (Å²) in [7, 11) is 1.64. The van der Waals surface area contributed by atoms with Gasteiger partial charge in [0.05, 0.1) is 31.1 Å². The molecule has 5 heteroatoms. The van der Waals surface area contributed by atoms with Gasteiger partial charge in [-0.1, -0.05) is 60.7 Å². The summed E-state index contributed by atoms with van der Waals surface area (Å²) in [6.45, 7) is 0. The Kier molecular flexibility index (Phi) is 6.88. The van der Waals surface area contributed by atoms with Gasteiger partial charge in [-0.15, -0.1) is 0 Å². The van der Waals surface area contributed by atoms with Crippen molar-refractivity contribution < 1.29 is 9.53 Å². The molecule has 0 bridgehead atoms. The van der Waals surface area contributed by atoms with E-state index in [1.54, 1.807) is 13.3 Å². The minimum absolute atomic E-state index is 0.108. The molecule has 0 spiro atoms.